The van der Waals surface area contributed by atoms with Crippen LogP contribution >= 0.6 is 0 Å². The van der Waals surface area contributed by atoms with Crippen molar-refractivity contribution < 1.29 is 4.39 Å². The molecule has 0 aliphatic rings. The fourth-order valence-electron chi connectivity index (χ4n) is 1.56. The molecule has 16 heavy (non-hydrogen) atoms. The predicted octanol–water partition coefficient (Wildman–Crippen LogP) is 2.24. The van der Waals surface area contributed by atoms with Crippen molar-refractivity contribution in [1.29, 1.82) is 0 Å². The smallest absolute Gasteiger partial charge is 0.127 e. The Morgan fingerprint density at radius 3 is 2.69 bits per heavy atom. The van der Waals surface area contributed by atoms with Crippen molar-refractivity contribution in [2.75, 3.05) is 20.1 Å². The summed E-state index contributed by atoms with van der Waals surface area (Å²) in [5.41, 5.74) is 6.31. The number of benzene rings is 1. The summed E-state index contributed by atoms with van der Waals surface area (Å²) < 4.78 is 13.4. The molecule has 1 aromatic carbocycles. The van der Waals surface area contributed by atoms with Gasteiger partial charge in [0.25, 0.3) is 0 Å². The van der Waals surface area contributed by atoms with Crippen molar-refractivity contribution in [1.82, 2.24) is 4.90 Å². The van der Waals surface area contributed by atoms with Crippen LogP contribution in [-0.4, -0.2) is 25.0 Å². The van der Waals surface area contributed by atoms with E-state index in [0.717, 1.165) is 18.5 Å². The van der Waals surface area contributed by atoms with Gasteiger partial charge in [-0.2, -0.15) is 0 Å². The van der Waals surface area contributed by atoms with Crippen LogP contribution < -0.4 is 5.73 Å². The zero-order valence-electron chi connectivity index (χ0n) is 10.1. The number of halogens is 1. The highest BCUT2D eigenvalue weighted by atomic mass is 19.1. The van der Waals surface area contributed by atoms with E-state index >= 15 is 0 Å². The van der Waals surface area contributed by atoms with E-state index in [-0.39, 0.29) is 5.82 Å². The third-order valence-corrected chi connectivity index (χ3v) is 2.80. The number of hydrogen-bond acceptors (Lipinski definition) is 2. The SMILES string of the molecule is CC(CN)CCN(C)Cc1ccccc1F. The first-order valence-corrected chi connectivity index (χ1v) is 5.75. The summed E-state index contributed by atoms with van der Waals surface area (Å²) in [6.45, 7) is 4.46. The summed E-state index contributed by atoms with van der Waals surface area (Å²) in [4.78, 5) is 2.13. The maximum absolute atomic E-state index is 13.4. The molecule has 0 aliphatic carbocycles. The average molecular weight is 224 g/mol. The Hall–Kier alpha value is -0.930. The Bertz CT molecular complexity index is 315. The quantitative estimate of drug-likeness (QED) is 0.803. The van der Waals surface area contributed by atoms with Crippen LogP contribution in [0.5, 0.6) is 0 Å². The first-order valence-electron chi connectivity index (χ1n) is 5.75. The summed E-state index contributed by atoms with van der Waals surface area (Å²) >= 11 is 0. The molecule has 1 unspecified atom stereocenters. The molecule has 3 heteroatoms. The molecule has 90 valence electrons. The molecule has 0 heterocycles. The van der Waals surface area contributed by atoms with Crippen LogP contribution in [0.2, 0.25) is 0 Å². The molecule has 1 atom stereocenters. The molecule has 2 nitrogen and oxygen atoms in total. The van der Waals surface area contributed by atoms with Gasteiger partial charge in [0.15, 0.2) is 0 Å². The van der Waals surface area contributed by atoms with Gasteiger partial charge >= 0.3 is 0 Å². The zero-order chi connectivity index (χ0) is 12.0. The Morgan fingerprint density at radius 1 is 1.38 bits per heavy atom. The van der Waals surface area contributed by atoms with Crippen LogP contribution in [0.1, 0.15) is 18.9 Å². The summed E-state index contributed by atoms with van der Waals surface area (Å²) in [5.74, 6) is 0.407. The molecule has 2 N–H and O–H groups in total. The number of nitrogens with two attached hydrogens (primary N) is 1. The van der Waals surface area contributed by atoms with Crippen LogP contribution in [0, 0.1) is 11.7 Å². The number of nitrogens with zero attached hydrogens (tertiary/aromatic N) is 1. The van der Waals surface area contributed by atoms with Crippen molar-refractivity contribution in [3.8, 4) is 0 Å². The highest BCUT2D eigenvalue weighted by Crippen LogP contribution is 2.10. The van der Waals surface area contributed by atoms with Gasteiger partial charge in [0.2, 0.25) is 0 Å². The minimum absolute atomic E-state index is 0.124. The summed E-state index contributed by atoms with van der Waals surface area (Å²) in [6.07, 6.45) is 1.06. The van der Waals surface area contributed by atoms with Gasteiger partial charge in [-0.15, -0.1) is 0 Å². The third-order valence-electron chi connectivity index (χ3n) is 2.80. The van der Waals surface area contributed by atoms with Crippen molar-refractivity contribution in [3.05, 3.63) is 35.6 Å². The summed E-state index contributed by atoms with van der Waals surface area (Å²) in [7, 11) is 2.01. The standard InChI is InChI=1S/C13H21FN2/c1-11(9-15)7-8-16(2)10-12-5-3-4-6-13(12)14/h3-6,11H,7-10,15H2,1-2H3. The molecule has 0 bridgehead atoms. The minimum Gasteiger partial charge on any atom is -0.330 e. The highest BCUT2D eigenvalue weighted by molar-refractivity contribution is 5.16. The maximum Gasteiger partial charge on any atom is 0.127 e. The Morgan fingerprint density at radius 2 is 2.06 bits per heavy atom. The molecule has 1 rings (SSSR count). The molecule has 0 aromatic heterocycles. The Kier molecular flexibility index (Phi) is 5.43. The third kappa shape index (κ3) is 4.29. The molecule has 0 saturated heterocycles. The second-order valence-corrected chi connectivity index (χ2v) is 4.46. The molecule has 0 spiro atoms. The van der Waals surface area contributed by atoms with Gasteiger partial charge in [-0.05, 0) is 38.5 Å². The van der Waals surface area contributed by atoms with Crippen LogP contribution in [0.15, 0.2) is 24.3 Å². The van der Waals surface area contributed by atoms with Crippen molar-refractivity contribution in [3.63, 3.8) is 0 Å². The molecule has 1 aromatic rings. The van der Waals surface area contributed by atoms with Crippen molar-refractivity contribution in [2.24, 2.45) is 11.7 Å². The van der Waals surface area contributed by atoms with E-state index < -0.39 is 0 Å². The lowest BCUT2D eigenvalue weighted by molar-refractivity contribution is 0.296. The molecular formula is C13H21FN2. The summed E-state index contributed by atoms with van der Waals surface area (Å²) in [6, 6.07) is 6.92. The molecule has 0 aliphatic heterocycles. The largest absolute Gasteiger partial charge is 0.330 e. The second-order valence-electron chi connectivity index (χ2n) is 4.46. The van der Waals surface area contributed by atoms with Crippen LogP contribution in [0.4, 0.5) is 4.39 Å². The van der Waals surface area contributed by atoms with Crippen molar-refractivity contribution in [2.45, 2.75) is 19.9 Å². The van der Waals surface area contributed by atoms with E-state index in [9.17, 15) is 4.39 Å². The van der Waals surface area contributed by atoms with Gasteiger partial charge in [-0.25, -0.2) is 4.39 Å². The topological polar surface area (TPSA) is 29.3 Å². The lowest BCUT2D eigenvalue weighted by Gasteiger charge is -2.18. The zero-order valence-corrected chi connectivity index (χ0v) is 10.1. The first kappa shape index (κ1) is 13.1. The van der Waals surface area contributed by atoms with E-state index in [1.165, 1.54) is 6.07 Å². The van der Waals surface area contributed by atoms with Gasteiger partial charge in [0.05, 0.1) is 0 Å². The Labute approximate surface area is 97.3 Å². The number of hydrogen-bond donors (Lipinski definition) is 1. The normalized spacial score (nSPS) is 13.1. The van der Waals surface area contributed by atoms with E-state index in [0.29, 0.717) is 19.0 Å². The fourth-order valence-corrected chi connectivity index (χ4v) is 1.56. The predicted molar refractivity (Wildman–Crippen MR) is 65.6 cm³/mol. The second kappa shape index (κ2) is 6.61. The van der Waals surface area contributed by atoms with Gasteiger partial charge in [0.1, 0.15) is 5.82 Å². The fraction of sp³-hybridized carbons (Fsp3) is 0.538. The minimum atomic E-state index is -0.124. The van der Waals surface area contributed by atoms with Crippen LogP contribution in [0.3, 0.4) is 0 Å². The number of rotatable bonds is 6. The molecule has 0 saturated carbocycles. The van der Waals surface area contributed by atoms with Gasteiger partial charge in [-0.1, -0.05) is 25.1 Å². The van der Waals surface area contributed by atoms with Crippen LogP contribution in [-0.2, 0) is 6.54 Å². The van der Waals surface area contributed by atoms with E-state index in [2.05, 4.69) is 11.8 Å². The summed E-state index contributed by atoms with van der Waals surface area (Å²) in [5, 5.41) is 0. The monoisotopic (exact) mass is 224 g/mol. The Balaban J connectivity index is 2.40. The van der Waals surface area contributed by atoms with Crippen molar-refractivity contribution >= 4 is 0 Å². The van der Waals surface area contributed by atoms with E-state index in [1.54, 1.807) is 6.07 Å². The molecule has 0 amide bonds. The van der Waals surface area contributed by atoms with E-state index in [1.807, 2.05) is 19.2 Å². The molecule has 0 radical (unpaired) electrons. The first-order chi connectivity index (χ1) is 7.63. The van der Waals surface area contributed by atoms with Gasteiger partial charge in [0, 0.05) is 12.1 Å². The highest BCUT2D eigenvalue weighted by Gasteiger charge is 2.06. The lowest BCUT2D eigenvalue weighted by atomic mass is 10.1. The van der Waals surface area contributed by atoms with Gasteiger partial charge in [-0.3, -0.25) is 0 Å². The maximum atomic E-state index is 13.4. The van der Waals surface area contributed by atoms with E-state index in [4.69, 9.17) is 5.73 Å². The van der Waals surface area contributed by atoms with Crippen LogP contribution in [0.25, 0.3) is 0 Å². The molecular weight excluding hydrogens is 203 g/mol. The average Bonchev–Trinajstić information content (AvgIpc) is 2.29. The lowest BCUT2D eigenvalue weighted by Crippen LogP contribution is -2.23. The molecule has 0 fully saturated rings. The van der Waals surface area contributed by atoms with Gasteiger partial charge < -0.3 is 10.6 Å².